The van der Waals surface area contributed by atoms with Crippen LogP contribution in [0.1, 0.15) is 27.2 Å². The largest absolute Gasteiger partial charge is 0.318 e. The Balaban J connectivity index is 3.63. The van der Waals surface area contributed by atoms with Crippen LogP contribution in [-0.2, 0) is 0 Å². The molecule has 52 valence electrons. The van der Waals surface area contributed by atoms with Crippen LogP contribution in [0.5, 0.6) is 0 Å². The van der Waals surface area contributed by atoms with E-state index in [0.29, 0.717) is 0 Å². The average molecular weight is 125 g/mol. The van der Waals surface area contributed by atoms with Crippen LogP contribution < -0.4 is 5.73 Å². The third-order valence-electron chi connectivity index (χ3n) is 1.05. The Morgan fingerprint density at radius 1 is 1.56 bits per heavy atom. The van der Waals surface area contributed by atoms with E-state index in [4.69, 9.17) is 12.2 Å². The summed E-state index contributed by atoms with van der Waals surface area (Å²) < 4.78 is 0. The van der Waals surface area contributed by atoms with Gasteiger partial charge in [0.1, 0.15) is 0 Å². The molecule has 0 aromatic rings. The molecule has 0 bridgehead atoms. The molecule has 0 aliphatic heterocycles. The second-order valence-electron chi connectivity index (χ2n) is 3.54. The molecule has 1 atom stereocenters. The summed E-state index contributed by atoms with van der Waals surface area (Å²) in [5.74, 6) is 2.50. The topological polar surface area (TPSA) is 26.0 Å². The molecule has 0 saturated carbocycles. The van der Waals surface area contributed by atoms with E-state index < -0.39 is 0 Å². The van der Waals surface area contributed by atoms with E-state index >= 15 is 0 Å². The van der Waals surface area contributed by atoms with Crippen LogP contribution in [0.15, 0.2) is 0 Å². The fraction of sp³-hybridized carbons (Fsp3) is 0.750. The molecule has 0 radical (unpaired) electrons. The molecule has 0 fully saturated rings. The molecule has 0 rings (SSSR count). The molecule has 0 heterocycles. The maximum Gasteiger partial charge on any atom is 0.0666 e. The lowest BCUT2D eigenvalue weighted by molar-refractivity contribution is 0.364. The van der Waals surface area contributed by atoms with Crippen molar-refractivity contribution >= 4 is 0 Å². The van der Waals surface area contributed by atoms with Crippen LogP contribution in [0, 0.1) is 17.8 Å². The van der Waals surface area contributed by atoms with Gasteiger partial charge in [-0.2, -0.15) is 0 Å². The predicted octanol–water partition coefficient (Wildman–Crippen LogP) is 1.38. The zero-order valence-electron chi connectivity index (χ0n) is 6.44. The summed E-state index contributed by atoms with van der Waals surface area (Å²) in [7, 11) is 0. The Kier molecular flexibility index (Phi) is 2.73. The van der Waals surface area contributed by atoms with Crippen molar-refractivity contribution in [3.63, 3.8) is 0 Å². The van der Waals surface area contributed by atoms with Crippen molar-refractivity contribution < 1.29 is 0 Å². The molecule has 9 heavy (non-hydrogen) atoms. The van der Waals surface area contributed by atoms with Crippen molar-refractivity contribution in [2.75, 3.05) is 0 Å². The molecular weight excluding hydrogens is 110 g/mol. The van der Waals surface area contributed by atoms with Crippen molar-refractivity contribution in [1.29, 1.82) is 0 Å². The molecule has 1 heteroatoms. The van der Waals surface area contributed by atoms with E-state index in [1.54, 1.807) is 0 Å². The normalized spacial score (nSPS) is 14.6. The second kappa shape index (κ2) is 2.89. The van der Waals surface area contributed by atoms with Crippen molar-refractivity contribution in [2.45, 2.75) is 33.2 Å². The van der Waals surface area contributed by atoms with Crippen LogP contribution >= 0.6 is 0 Å². The average Bonchev–Trinajstić information content (AvgIpc) is 1.62. The standard InChI is InChI=1S/C8H15N/c1-5-7(9)6-8(2,3)4/h1,7H,6,9H2,2-4H3/t7-/m0/s1. The van der Waals surface area contributed by atoms with Crippen molar-refractivity contribution in [3.05, 3.63) is 0 Å². The minimum Gasteiger partial charge on any atom is -0.318 e. The van der Waals surface area contributed by atoms with Crippen LogP contribution in [0.4, 0.5) is 0 Å². The molecule has 0 spiro atoms. The Morgan fingerprint density at radius 3 is 2.11 bits per heavy atom. The van der Waals surface area contributed by atoms with Gasteiger partial charge in [-0.05, 0) is 11.8 Å². The number of rotatable bonds is 1. The zero-order chi connectivity index (χ0) is 7.49. The number of terminal acetylenes is 1. The van der Waals surface area contributed by atoms with Crippen molar-refractivity contribution in [2.24, 2.45) is 11.1 Å². The molecule has 1 nitrogen and oxygen atoms in total. The van der Waals surface area contributed by atoms with E-state index in [1.807, 2.05) is 0 Å². The lowest BCUT2D eigenvalue weighted by atomic mass is 9.89. The summed E-state index contributed by atoms with van der Waals surface area (Å²) in [4.78, 5) is 0. The minimum atomic E-state index is -0.0787. The lowest BCUT2D eigenvalue weighted by Crippen LogP contribution is -2.24. The first-order chi connectivity index (χ1) is 3.95. The molecule has 0 aliphatic rings. The van der Waals surface area contributed by atoms with Crippen LogP contribution in [0.25, 0.3) is 0 Å². The first-order valence-corrected chi connectivity index (χ1v) is 3.17. The minimum absolute atomic E-state index is 0.0787. The van der Waals surface area contributed by atoms with Gasteiger partial charge in [0.25, 0.3) is 0 Å². The predicted molar refractivity (Wildman–Crippen MR) is 40.9 cm³/mol. The zero-order valence-corrected chi connectivity index (χ0v) is 6.44. The monoisotopic (exact) mass is 125 g/mol. The Morgan fingerprint density at radius 2 is 2.00 bits per heavy atom. The van der Waals surface area contributed by atoms with Crippen LogP contribution in [0.2, 0.25) is 0 Å². The first kappa shape index (κ1) is 8.52. The third-order valence-corrected chi connectivity index (χ3v) is 1.05. The molecule has 0 aliphatic carbocycles. The van der Waals surface area contributed by atoms with Crippen LogP contribution in [-0.4, -0.2) is 6.04 Å². The summed E-state index contributed by atoms with van der Waals surface area (Å²) in [6.07, 6.45) is 6.00. The smallest absolute Gasteiger partial charge is 0.0666 e. The van der Waals surface area contributed by atoms with Gasteiger partial charge < -0.3 is 5.73 Å². The highest BCUT2D eigenvalue weighted by atomic mass is 14.6. The van der Waals surface area contributed by atoms with Gasteiger partial charge in [0.05, 0.1) is 6.04 Å². The molecule has 0 saturated heterocycles. The van der Waals surface area contributed by atoms with Gasteiger partial charge in [0.15, 0.2) is 0 Å². The van der Waals surface area contributed by atoms with Gasteiger partial charge in [0.2, 0.25) is 0 Å². The van der Waals surface area contributed by atoms with Gasteiger partial charge >= 0.3 is 0 Å². The third kappa shape index (κ3) is 5.39. The second-order valence-corrected chi connectivity index (χ2v) is 3.54. The molecule has 0 amide bonds. The lowest BCUT2D eigenvalue weighted by Gasteiger charge is -2.19. The summed E-state index contributed by atoms with van der Waals surface area (Å²) in [5.41, 5.74) is 5.78. The van der Waals surface area contributed by atoms with Gasteiger partial charge in [-0.3, -0.25) is 0 Å². The van der Waals surface area contributed by atoms with Crippen molar-refractivity contribution in [1.82, 2.24) is 0 Å². The fourth-order valence-electron chi connectivity index (χ4n) is 0.719. The van der Waals surface area contributed by atoms with Crippen LogP contribution in [0.3, 0.4) is 0 Å². The van der Waals surface area contributed by atoms with E-state index in [2.05, 4.69) is 26.7 Å². The Bertz CT molecular complexity index is 114. The Hall–Kier alpha value is -0.480. The van der Waals surface area contributed by atoms with E-state index in [9.17, 15) is 0 Å². The molecular formula is C8H15N. The van der Waals surface area contributed by atoms with E-state index in [1.165, 1.54) is 0 Å². The quantitative estimate of drug-likeness (QED) is 0.526. The maximum absolute atomic E-state index is 5.52. The molecule has 2 N–H and O–H groups in total. The highest BCUT2D eigenvalue weighted by Gasteiger charge is 2.12. The number of hydrogen-bond donors (Lipinski definition) is 1. The SMILES string of the molecule is C#C[C@H](N)CC(C)(C)C. The van der Waals surface area contributed by atoms with Gasteiger partial charge in [-0.1, -0.05) is 26.7 Å². The van der Waals surface area contributed by atoms with Gasteiger partial charge in [-0.15, -0.1) is 6.42 Å². The summed E-state index contributed by atoms with van der Waals surface area (Å²) >= 11 is 0. The van der Waals surface area contributed by atoms with Gasteiger partial charge in [0, 0.05) is 0 Å². The number of nitrogens with two attached hydrogens (primary N) is 1. The van der Waals surface area contributed by atoms with Gasteiger partial charge in [-0.25, -0.2) is 0 Å². The highest BCUT2D eigenvalue weighted by Crippen LogP contribution is 2.19. The maximum atomic E-state index is 5.52. The fourth-order valence-corrected chi connectivity index (χ4v) is 0.719. The molecule has 0 aromatic carbocycles. The Labute approximate surface area is 57.6 Å². The summed E-state index contributed by atoms with van der Waals surface area (Å²) in [6.45, 7) is 6.39. The molecule has 0 aromatic heterocycles. The first-order valence-electron chi connectivity index (χ1n) is 3.17. The van der Waals surface area contributed by atoms with E-state index in [-0.39, 0.29) is 11.5 Å². The summed E-state index contributed by atoms with van der Waals surface area (Å²) in [5, 5.41) is 0. The number of hydrogen-bond acceptors (Lipinski definition) is 1. The van der Waals surface area contributed by atoms with E-state index in [0.717, 1.165) is 6.42 Å². The molecule has 0 unspecified atom stereocenters. The highest BCUT2D eigenvalue weighted by molar-refractivity contribution is 4.98. The summed E-state index contributed by atoms with van der Waals surface area (Å²) in [6, 6.07) is -0.0787. The van der Waals surface area contributed by atoms with Crippen molar-refractivity contribution in [3.8, 4) is 12.3 Å².